The first kappa shape index (κ1) is 17.2. The maximum absolute atomic E-state index is 5.80. The molecule has 1 aromatic heterocycles. The van der Waals surface area contributed by atoms with E-state index in [2.05, 4.69) is 63.1 Å². The van der Waals surface area contributed by atoms with Crippen molar-refractivity contribution in [3.05, 3.63) is 77.1 Å². The van der Waals surface area contributed by atoms with E-state index in [1.807, 2.05) is 12.1 Å². The van der Waals surface area contributed by atoms with E-state index in [9.17, 15) is 0 Å². The number of pyridine rings is 1. The van der Waals surface area contributed by atoms with Gasteiger partial charge in [-0.05, 0) is 34.4 Å². The smallest absolute Gasteiger partial charge is 0.191 e. The molecule has 0 fully saturated rings. The summed E-state index contributed by atoms with van der Waals surface area (Å²) in [6.45, 7) is 1.50. The second kappa shape index (κ2) is 8.49. The van der Waals surface area contributed by atoms with Gasteiger partial charge in [-0.2, -0.15) is 0 Å². The van der Waals surface area contributed by atoms with Crippen molar-refractivity contribution in [3.8, 4) is 0 Å². The van der Waals surface area contributed by atoms with Gasteiger partial charge in [0.2, 0.25) is 0 Å². The van der Waals surface area contributed by atoms with Gasteiger partial charge in [0.25, 0.3) is 0 Å². The van der Waals surface area contributed by atoms with Crippen LogP contribution in [0.2, 0.25) is 5.15 Å². The molecule has 0 aliphatic heterocycles. The molecule has 0 radical (unpaired) electrons. The zero-order valence-electron chi connectivity index (χ0n) is 14.2. The fourth-order valence-electron chi connectivity index (χ4n) is 2.73. The van der Waals surface area contributed by atoms with Crippen molar-refractivity contribution in [2.45, 2.75) is 13.0 Å². The number of guanidine groups is 1. The van der Waals surface area contributed by atoms with Crippen molar-refractivity contribution in [3.63, 3.8) is 0 Å². The number of aromatic nitrogens is 1. The molecule has 0 aliphatic rings. The Morgan fingerprint density at radius 1 is 1.04 bits per heavy atom. The number of fused-ring (bicyclic) bond motifs is 1. The second-order valence-electron chi connectivity index (χ2n) is 5.73. The largest absolute Gasteiger partial charge is 0.356 e. The molecule has 5 heteroatoms. The third-order valence-electron chi connectivity index (χ3n) is 4.04. The van der Waals surface area contributed by atoms with Gasteiger partial charge in [-0.3, -0.25) is 4.99 Å². The van der Waals surface area contributed by atoms with Crippen LogP contribution in [0.4, 0.5) is 0 Å². The molecule has 2 aromatic carbocycles. The van der Waals surface area contributed by atoms with Crippen molar-refractivity contribution in [1.29, 1.82) is 0 Å². The number of benzene rings is 2. The highest BCUT2D eigenvalue weighted by atomic mass is 35.5. The number of hydrogen-bond donors (Lipinski definition) is 2. The van der Waals surface area contributed by atoms with E-state index in [4.69, 9.17) is 11.6 Å². The summed E-state index contributed by atoms with van der Waals surface area (Å²) in [5, 5.41) is 9.74. The Balaban J connectivity index is 1.54. The lowest BCUT2D eigenvalue weighted by Crippen LogP contribution is -2.37. The normalized spacial score (nSPS) is 11.5. The van der Waals surface area contributed by atoms with Gasteiger partial charge >= 0.3 is 0 Å². The summed E-state index contributed by atoms with van der Waals surface area (Å²) in [5.74, 6) is 0.787. The number of nitrogens with zero attached hydrogens (tertiary/aromatic N) is 2. The fourth-order valence-corrected chi connectivity index (χ4v) is 2.84. The van der Waals surface area contributed by atoms with E-state index in [-0.39, 0.29) is 0 Å². The Kier molecular flexibility index (Phi) is 5.86. The molecule has 4 nitrogen and oxygen atoms in total. The van der Waals surface area contributed by atoms with Gasteiger partial charge in [0.05, 0.1) is 0 Å². The van der Waals surface area contributed by atoms with Gasteiger partial charge < -0.3 is 10.6 Å². The minimum absolute atomic E-state index is 0.518. The molecular formula is C20H21ClN4. The van der Waals surface area contributed by atoms with E-state index in [0.717, 1.165) is 31.0 Å². The number of nitrogens with one attached hydrogen (secondary N) is 2. The summed E-state index contributed by atoms with van der Waals surface area (Å²) in [5.41, 5.74) is 2.39. The van der Waals surface area contributed by atoms with Gasteiger partial charge in [0.1, 0.15) is 5.15 Å². The number of hydrogen-bond acceptors (Lipinski definition) is 2. The first-order valence-corrected chi connectivity index (χ1v) is 8.65. The number of aliphatic imine (C=N–C) groups is 1. The van der Waals surface area contributed by atoms with E-state index >= 15 is 0 Å². The molecule has 2 N–H and O–H groups in total. The SMILES string of the molecule is CN=C(NCCc1ccc(Cl)nc1)NCc1cccc2ccccc12. The molecule has 0 unspecified atom stereocenters. The fraction of sp³-hybridized carbons (Fsp3) is 0.200. The van der Waals surface area contributed by atoms with Gasteiger partial charge in [0, 0.05) is 26.3 Å². The molecule has 0 saturated heterocycles. The Morgan fingerprint density at radius 3 is 2.68 bits per heavy atom. The van der Waals surface area contributed by atoms with Gasteiger partial charge in [-0.15, -0.1) is 0 Å². The average Bonchev–Trinajstić information content (AvgIpc) is 2.66. The Morgan fingerprint density at radius 2 is 1.88 bits per heavy atom. The van der Waals surface area contributed by atoms with Crippen LogP contribution >= 0.6 is 11.6 Å². The van der Waals surface area contributed by atoms with Crippen LogP contribution in [0.25, 0.3) is 10.8 Å². The summed E-state index contributed by atoms with van der Waals surface area (Å²) in [4.78, 5) is 8.38. The van der Waals surface area contributed by atoms with E-state index in [1.54, 1.807) is 13.2 Å². The monoisotopic (exact) mass is 352 g/mol. The predicted molar refractivity (Wildman–Crippen MR) is 105 cm³/mol. The van der Waals surface area contributed by atoms with Gasteiger partial charge in [-0.1, -0.05) is 60.1 Å². The van der Waals surface area contributed by atoms with Crippen LogP contribution in [0.1, 0.15) is 11.1 Å². The highest BCUT2D eigenvalue weighted by Crippen LogP contribution is 2.18. The molecule has 1 heterocycles. The molecule has 0 spiro atoms. The van der Waals surface area contributed by atoms with E-state index in [0.29, 0.717) is 5.15 Å². The van der Waals surface area contributed by atoms with Crippen LogP contribution in [0.3, 0.4) is 0 Å². The van der Waals surface area contributed by atoms with Crippen molar-refractivity contribution in [2.24, 2.45) is 4.99 Å². The summed E-state index contributed by atoms with van der Waals surface area (Å²) in [6, 6.07) is 18.6. The van der Waals surface area contributed by atoms with Crippen molar-refractivity contribution < 1.29 is 0 Å². The Bertz CT molecular complexity index is 854. The third kappa shape index (κ3) is 4.70. The average molecular weight is 353 g/mol. The topological polar surface area (TPSA) is 49.3 Å². The minimum atomic E-state index is 0.518. The van der Waals surface area contributed by atoms with Gasteiger partial charge in [0.15, 0.2) is 5.96 Å². The minimum Gasteiger partial charge on any atom is -0.356 e. The number of halogens is 1. The first-order chi connectivity index (χ1) is 12.3. The molecule has 0 aliphatic carbocycles. The Labute approximate surface area is 153 Å². The van der Waals surface area contributed by atoms with Crippen molar-refractivity contribution in [1.82, 2.24) is 15.6 Å². The molecule has 0 bridgehead atoms. The van der Waals surface area contributed by atoms with Crippen molar-refractivity contribution in [2.75, 3.05) is 13.6 Å². The lowest BCUT2D eigenvalue weighted by Gasteiger charge is -2.13. The molecule has 0 atom stereocenters. The van der Waals surface area contributed by atoms with Crippen LogP contribution in [0.5, 0.6) is 0 Å². The van der Waals surface area contributed by atoms with Crippen LogP contribution in [0.15, 0.2) is 65.8 Å². The van der Waals surface area contributed by atoms with Crippen LogP contribution < -0.4 is 10.6 Å². The molecule has 0 amide bonds. The Hall–Kier alpha value is -2.59. The van der Waals surface area contributed by atoms with Crippen LogP contribution in [0, 0.1) is 0 Å². The highest BCUT2D eigenvalue weighted by molar-refractivity contribution is 6.29. The molecular weight excluding hydrogens is 332 g/mol. The molecule has 25 heavy (non-hydrogen) atoms. The predicted octanol–water partition coefficient (Wildman–Crippen LogP) is 3.80. The number of rotatable bonds is 5. The standard InChI is InChI=1S/C20H21ClN4/c1-22-20(23-12-11-15-9-10-19(21)24-13-15)25-14-17-7-4-6-16-5-2-3-8-18(16)17/h2-10,13H,11-12,14H2,1H3,(H2,22,23,25). The lowest BCUT2D eigenvalue weighted by atomic mass is 10.0. The second-order valence-corrected chi connectivity index (χ2v) is 6.12. The molecule has 0 saturated carbocycles. The summed E-state index contributed by atoms with van der Waals surface area (Å²) in [7, 11) is 1.78. The third-order valence-corrected chi connectivity index (χ3v) is 4.27. The first-order valence-electron chi connectivity index (χ1n) is 8.28. The highest BCUT2D eigenvalue weighted by Gasteiger charge is 2.02. The quantitative estimate of drug-likeness (QED) is 0.417. The summed E-state index contributed by atoms with van der Waals surface area (Å²) < 4.78 is 0. The zero-order chi connectivity index (χ0) is 17.5. The van der Waals surface area contributed by atoms with Crippen LogP contribution in [-0.4, -0.2) is 24.5 Å². The summed E-state index contributed by atoms with van der Waals surface area (Å²) >= 11 is 5.80. The van der Waals surface area contributed by atoms with E-state index in [1.165, 1.54) is 16.3 Å². The zero-order valence-corrected chi connectivity index (χ0v) is 14.9. The molecule has 3 rings (SSSR count). The van der Waals surface area contributed by atoms with Gasteiger partial charge in [-0.25, -0.2) is 4.98 Å². The summed E-state index contributed by atoms with van der Waals surface area (Å²) in [6.07, 6.45) is 2.66. The maximum atomic E-state index is 5.80. The lowest BCUT2D eigenvalue weighted by molar-refractivity contribution is 0.795. The van der Waals surface area contributed by atoms with Crippen molar-refractivity contribution >= 4 is 28.3 Å². The molecule has 3 aromatic rings. The van der Waals surface area contributed by atoms with Crippen LogP contribution in [-0.2, 0) is 13.0 Å². The maximum Gasteiger partial charge on any atom is 0.191 e. The van der Waals surface area contributed by atoms with E-state index < -0.39 is 0 Å². The molecule has 128 valence electrons.